The van der Waals surface area contributed by atoms with Gasteiger partial charge in [0.1, 0.15) is 11.5 Å². The molecule has 0 aliphatic carbocycles. The van der Waals surface area contributed by atoms with Gasteiger partial charge in [-0.2, -0.15) is 0 Å². The van der Waals surface area contributed by atoms with E-state index in [4.69, 9.17) is 4.74 Å². The highest BCUT2D eigenvalue weighted by atomic mass is 16.5. The van der Waals surface area contributed by atoms with Gasteiger partial charge in [-0.1, -0.05) is 24.3 Å². The van der Waals surface area contributed by atoms with E-state index >= 15 is 0 Å². The number of ether oxygens (including phenoxy) is 1. The maximum absolute atomic E-state index is 12.9. The summed E-state index contributed by atoms with van der Waals surface area (Å²) < 4.78 is 5.15. The summed E-state index contributed by atoms with van der Waals surface area (Å²) in [6.45, 7) is 3.04. The maximum Gasteiger partial charge on any atom is 0.247 e. The first-order valence-corrected chi connectivity index (χ1v) is 9.81. The van der Waals surface area contributed by atoms with Gasteiger partial charge in [0, 0.05) is 26.2 Å². The molecule has 7 heteroatoms. The highest BCUT2D eigenvalue weighted by Gasteiger charge is 2.42. The van der Waals surface area contributed by atoms with Gasteiger partial charge >= 0.3 is 0 Å². The first-order valence-electron chi connectivity index (χ1n) is 9.81. The minimum atomic E-state index is -0.396. The fraction of sp³-hybridized carbons (Fsp3) is 0.364. The van der Waals surface area contributed by atoms with Crippen molar-refractivity contribution in [3.63, 3.8) is 0 Å². The molecule has 0 bridgehead atoms. The van der Waals surface area contributed by atoms with E-state index in [0.29, 0.717) is 26.2 Å². The Bertz CT molecular complexity index is 891. The molecule has 152 valence electrons. The molecular formula is C22H25N3O4. The number of piperazine rings is 1. The SMILES string of the molecule is COc1ccc(CN2C(=O)C[C@H](N3CCN(c4ccccc4O)CC3)C2=O)cc1. The fourth-order valence-corrected chi connectivity index (χ4v) is 4.04. The molecule has 2 aliphatic heterocycles. The Balaban J connectivity index is 1.38. The van der Waals surface area contributed by atoms with Crippen molar-refractivity contribution in [3.05, 3.63) is 54.1 Å². The molecule has 2 amide bonds. The van der Waals surface area contributed by atoms with Crippen molar-refractivity contribution < 1.29 is 19.4 Å². The number of imide groups is 1. The molecule has 2 fully saturated rings. The number of benzene rings is 2. The standard InChI is InChI=1S/C22H25N3O4/c1-29-17-8-6-16(7-9-17)15-25-21(27)14-19(22(25)28)24-12-10-23(11-13-24)18-4-2-3-5-20(18)26/h2-9,19,26H,10-15H2,1H3/t19-/m0/s1. The van der Waals surface area contributed by atoms with Crippen molar-refractivity contribution >= 4 is 17.5 Å². The molecule has 0 radical (unpaired) electrons. The molecule has 29 heavy (non-hydrogen) atoms. The highest BCUT2D eigenvalue weighted by molar-refractivity contribution is 6.05. The van der Waals surface area contributed by atoms with Gasteiger partial charge in [0.2, 0.25) is 11.8 Å². The van der Waals surface area contributed by atoms with Crippen LogP contribution in [-0.2, 0) is 16.1 Å². The predicted molar refractivity (Wildman–Crippen MR) is 109 cm³/mol. The van der Waals surface area contributed by atoms with Crippen LogP contribution in [0.4, 0.5) is 5.69 Å². The number of carbonyl (C=O) groups excluding carboxylic acids is 2. The van der Waals surface area contributed by atoms with Crippen LogP contribution in [0.5, 0.6) is 11.5 Å². The smallest absolute Gasteiger partial charge is 0.247 e. The van der Waals surface area contributed by atoms with Crippen LogP contribution in [-0.4, -0.2) is 66.1 Å². The van der Waals surface area contributed by atoms with Crippen LogP contribution in [0.15, 0.2) is 48.5 Å². The Labute approximate surface area is 170 Å². The second-order valence-corrected chi connectivity index (χ2v) is 7.40. The van der Waals surface area contributed by atoms with Gasteiger partial charge in [0.05, 0.1) is 31.8 Å². The number of rotatable bonds is 5. The molecule has 2 saturated heterocycles. The Morgan fingerprint density at radius 3 is 2.34 bits per heavy atom. The molecule has 0 spiro atoms. The summed E-state index contributed by atoms with van der Waals surface area (Å²) in [5.41, 5.74) is 1.71. The minimum absolute atomic E-state index is 0.123. The van der Waals surface area contributed by atoms with E-state index in [1.807, 2.05) is 36.4 Å². The lowest BCUT2D eigenvalue weighted by molar-refractivity contribution is -0.140. The van der Waals surface area contributed by atoms with Crippen LogP contribution in [0, 0.1) is 0 Å². The minimum Gasteiger partial charge on any atom is -0.506 e. The monoisotopic (exact) mass is 395 g/mol. The van der Waals surface area contributed by atoms with Crippen molar-refractivity contribution in [3.8, 4) is 11.5 Å². The molecule has 1 N–H and O–H groups in total. The zero-order valence-corrected chi connectivity index (χ0v) is 16.5. The first kappa shape index (κ1) is 19.3. The summed E-state index contributed by atoms with van der Waals surface area (Å²) in [6, 6.07) is 14.3. The summed E-state index contributed by atoms with van der Waals surface area (Å²) in [6.07, 6.45) is 0.228. The number of likely N-dealkylation sites (tertiary alicyclic amines) is 1. The number of phenols is 1. The average molecular weight is 395 g/mol. The molecule has 1 atom stereocenters. The molecule has 2 aromatic carbocycles. The molecule has 0 saturated carbocycles. The lowest BCUT2D eigenvalue weighted by Gasteiger charge is -2.38. The van der Waals surface area contributed by atoms with Crippen LogP contribution >= 0.6 is 0 Å². The second-order valence-electron chi connectivity index (χ2n) is 7.40. The van der Waals surface area contributed by atoms with Gasteiger partial charge in [0.15, 0.2) is 0 Å². The zero-order valence-electron chi connectivity index (χ0n) is 16.5. The van der Waals surface area contributed by atoms with E-state index in [1.54, 1.807) is 19.2 Å². The number of anilines is 1. The number of methoxy groups -OCH3 is 1. The van der Waals surface area contributed by atoms with Crippen molar-refractivity contribution in [1.29, 1.82) is 0 Å². The number of hydrogen-bond acceptors (Lipinski definition) is 6. The molecule has 4 rings (SSSR count). The van der Waals surface area contributed by atoms with Crippen LogP contribution in [0.25, 0.3) is 0 Å². The van der Waals surface area contributed by atoms with Gasteiger partial charge in [-0.15, -0.1) is 0 Å². The van der Waals surface area contributed by atoms with Crippen LogP contribution in [0.3, 0.4) is 0 Å². The summed E-state index contributed by atoms with van der Waals surface area (Å²) in [7, 11) is 1.60. The fourth-order valence-electron chi connectivity index (χ4n) is 4.04. The second kappa shape index (κ2) is 8.13. The van der Waals surface area contributed by atoms with E-state index < -0.39 is 6.04 Å². The third-order valence-corrected chi connectivity index (χ3v) is 5.70. The van der Waals surface area contributed by atoms with E-state index in [0.717, 1.165) is 17.0 Å². The zero-order chi connectivity index (χ0) is 20.4. The molecule has 7 nitrogen and oxygen atoms in total. The summed E-state index contributed by atoms with van der Waals surface area (Å²) >= 11 is 0. The van der Waals surface area contributed by atoms with Crippen LogP contribution in [0.1, 0.15) is 12.0 Å². The van der Waals surface area contributed by atoms with Crippen molar-refractivity contribution in [2.45, 2.75) is 19.0 Å². The van der Waals surface area contributed by atoms with Crippen LogP contribution < -0.4 is 9.64 Å². The molecule has 0 unspecified atom stereocenters. The lowest BCUT2D eigenvalue weighted by Crippen LogP contribution is -2.52. The maximum atomic E-state index is 12.9. The van der Waals surface area contributed by atoms with Gasteiger partial charge in [-0.25, -0.2) is 0 Å². The summed E-state index contributed by atoms with van der Waals surface area (Å²) in [5.74, 6) is 0.757. The predicted octanol–water partition coefficient (Wildman–Crippen LogP) is 1.85. The quantitative estimate of drug-likeness (QED) is 0.779. The third-order valence-electron chi connectivity index (χ3n) is 5.70. The molecule has 2 aliphatic rings. The van der Waals surface area contributed by atoms with E-state index in [2.05, 4.69) is 9.80 Å². The molecule has 2 aromatic rings. The Morgan fingerprint density at radius 1 is 1.00 bits per heavy atom. The van der Waals surface area contributed by atoms with Crippen LogP contribution in [0.2, 0.25) is 0 Å². The van der Waals surface area contributed by atoms with Crippen molar-refractivity contribution in [2.24, 2.45) is 0 Å². The number of aromatic hydroxyl groups is 1. The number of amides is 2. The van der Waals surface area contributed by atoms with Crippen molar-refractivity contribution in [2.75, 3.05) is 38.2 Å². The average Bonchev–Trinajstić information content (AvgIpc) is 3.03. The molecular weight excluding hydrogens is 370 g/mol. The Kier molecular flexibility index (Phi) is 5.40. The van der Waals surface area contributed by atoms with Gasteiger partial charge < -0.3 is 14.7 Å². The largest absolute Gasteiger partial charge is 0.506 e. The number of hydrogen-bond donors (Lipinski definition) is 1. The van der Waals surface area contributed by atoms with E-state index in [-0.39, 0.29) is 30.5 Å². The van der Waals surface area contributed by atoms with E-state index in [9.17, 15) is 14.7 Å². The van der Waals surface area contributed by atoms with Gasteiger partial charge in [-0.05, 0) is 29.8 Å². The molecule has 2 heterocycles. The Hall–Kier alpha value is -3.06. The first-order chi connectivity index (χ1) is 14.1. The van der Waals surface area contributed by atoms with Crippen molar-refractivity contribution in [1.82, 2.24) is 9.80 Å². The number of nitrogens with zero attached hydrogens (tertiary/aromatic N) is 3. The number of para-hydroxylation sites is 2. The van der Waals surface area contributed by atoms with Gasteiger partial charge in [0.25, 0.3) is 0 Å². The van der Waals surface area contributed by atoms with E-state index in [1.165, 1.54) is 4.90 Å². The highest BCUT2D eigenvalue weighted by Crippen LogP contribution is 2.29. The van der Waals surface area contributed by atoms with Gasteiger partial charge in [-0.3, -0.25) is 19.4 Å². The number of carbonyl (C=O) groups is 2. The third kappa shape index (κ3) is 3.91. The normalized spacial score (nSPS) is 20.4. The summed E-state index contributed by atoms with van der Waals surface area (Å²) in [5, 5.41) is 10.1. The molecule has 0 aromatic heterocycles. The topological polar surface area (TPSA) is 73.3 Å². The summed E-state index contributed by atoms with van der Waals surface area (Å²) in [4.78, 5) is 31.0. The number of phenolic OH excluding ortho intramolecular Hbond substituents is 1. The lowest BCUT2D eigenvalue weighted by atomic mass is 10.1. The Morgan fingerprint density at radius 2 is 1.69 bits per heavy atom.